The van der Waals surface area contributed by atoms with Crippen molar-refractivity contribution < 1.29 is 23.6 Å². The fraction of sp³-hybridized carbons (Fsp3) is 0.433. The fourth-order valence-corrected chi connectivity index (χ4v) is 6.76. The summed E-state index contributed by atoms with van der Waals surface area (Å²) in [6, 6.07) is 8.43. The van der Waals surface area contributed by atoms with Crippen LogP contribution in [-0.2, 0) is 6.54 Å². The van der Waals surface area contributed by atoms with Gasteiger partial charge in [0.05, 0.1) is 34.9 Å². The van der Waals surface area contributed by atoms with Gasteiger partial charge < -0.3 is 29.4 Å². The standard InChI is InChI=1S/C30H32BrFN6O5/c1-18-17-43-30-27(31)24(32)11-23-28(30)37(18)15-20(29(23)39)14-36(13-19-7-8-33-26(10-19)42-2)22-4-3-9-35(16-22)21-5-6-25(34-12-21)38(40)41/h5-8,10-12,18,20,22H,3-4,9,13-17H2,1-2H3/t18?,20?,22-/m0/s1. The molecule has 0 amide bonds. The van der Waals surface area contributed by atoms with Crippen molar-refractivity contribution in [2.24, 2.45) is 5.92 Å². The largest absolute Gasteiger partial charge is 0.488 e. The van der Waals surface area contributed by atoms with Crippen molar-refractivity contribution in [2.45, 2.75) is 38.4 Å². The Kier molecular flexibility index (Phi) is 8.19. The number of methoxy groups -OCH3 is 1. The van der Waals surface area contributed by atoms with Crippen LogP contribution in [0.25, 0.3) is 0 Å². The Morgan fingerprint density at radius 1 is 1.26 bits per heavy atom. The summed E-state index contributed by atoms with van der Waals surface area (Å²) in [4.78, 5) is 39.5. The minimum atomic E-state index is -0.516. The second kappa shape index (κ2) is 12.0. The number of hydrogen-bond donors (Lipinski definition) is 0. The van der Waals surface area contributed by atoms with E-state index < -0.39 is 10.7 Å². The lowest BCUT2D eigenvalue weighted by atomic mass is 9.87. The number of Topliss-reactive ketones (excluding diaryl/α,β-unsaturated/α-hetero) is 1. The van der Waals surface area contributed by atoms with Crippen LogP contribution in [0.3, 0.4) is 0 Å². The van der Waals surface area contributed by atoms with Crippen LogP contribution in [0.2, 0.25) is 0 Å². The van der Waals surface area contributed by atoms with Gasteiger partial charge in [-0.25, -0.2) is 9.37 Å². The number of piperidine rings is 1. The first-order valence-corrected chi connectivity index (χ1v) is 15.1. The quantitative estimate of drug-likeness (QED) is 0.246. The van der Waals surface area contributed by atoms with E-state index in [1.54, 1.807) is 25.6 Å². The van der Waals surface area contributed by atoms with Crippen molar-refractivity contribution in [3.05, 3.63) is 74.3 Å². The fourth-order valence-electron chi connectivity index (χ4n) is 6.35. The summed E-state index contributed by atoms with van der Waals surface area (Å²) in [5, 5.41) is 11.1. The summed E-state index contributed by atoms with van der Waals surface area (Å²) in [5.74, 6) is -0.288. The zero-order valence-electron chi connectivity index (χ0n) is 23.9. The lowest BCUT2D eigenvalue weighted by Crippen LogP contribution is -2.54. The molecule has 5 heterocycles. The van der Waals surface area contributed by atoms with Crippen LogP contribution in [0, 0.1) is 21.8 Å². The van der Waals surface area contributed by atoms with Crippen LogP contribution in [0.5, 0.6) is 11.6 Å². The molecule has 0 N–H and O–H groups in total. The number of benzene rings is 1. The van der Waals surface area contributed by atoms with E-state index in [0.29, 0.717) is 55.7 Å². The van der Waals surface area contributed by atoms with Gasteiger partial charge in [0, 0.05) is 62.7 Å². The Bertz CT molecular complexity index is 1540. The molecule has 11 nitrogen and oxygen atoms in total. The van der Waals surface area contributed by atoms with Crippen molar-refractivity contribution in [3.8, 4) is 11.6 Å². The Balaban J connectivity index is 1.30. The highest BCUT2D eigenvalue weighted by molar-refractivity contribution is 9.10. The summed E-state index contributed by atoms with van der Waals surface area (Å²) in [7, 11) is 1.58. The smallest absolute Gasteiger partial charge is 0.363 e. The third kappa shape index (κ3) is 5.75. The number of halogens is 2. The Morgan fingerprint density at radius 2 is 2.09 bits per heavy atom. The van der Waals surface area contributed by atoms with Gasteiger partial charge in [-0.3, -0.25) is 9.69 Å². The van der Waals surface area contributed by atoms with Gasteiger partial charge in [0.15, 0.2) is 17.7 Å². The van der Waals surface area contributed by atoms with E-state index in [-0.39, 0.29) is 34.1 Å². The molecule has 43 heavy (non-hydrogen) atoms. The summed E-state index contributed by atoms with van der Waals surface area (Å²) < 4.78 is 26.4. The number of carbonyl (C=O) groups is 1. The monoisotopic (exact) mass is 654 g/mol. The maximum atomic E-state index is 14.9. The average Bonchev–Trinajstić information content (AvgIpc) is 3.02. The van der Waals surface area contributed by atoms with Crippen LogP contribution in [0.15, 0.2) is 47.2 Å². The van der Waals surface area contributed by atoms with Gasteiger partial charge in [-0.15, -0.1) is 0 Å². The van der Waals surface area contributed by atoms with E-state index in [9.17, 15) is 19.3 Å². The van der Waals surface area contributed by atoms with Gasteiger partial charge in [-0.1, -0.05) is 0 Å². The highest BCUT2D eigenvalue weighted by Gasteiger charge is 2.42. The molecule has 0 aliphatic carbocycles. The van der Waals surface area contributed by atoms with E-state index in [1.807, 2.05) is 12.1 Å². The van der Waals surface area contributed by atoms with E-state index in [4.69, 9.17) is 9.47 Å². The molecule has 1 aromatic carbocycles. The van der Waals surface area contributed by atoms with Gasteiger partial charge >= 0.3 is 5.82 Å². The number of anilines is 2. The second-order valence-electron chi connectivity index (χ2n) is 11.3. The molecule has 13 heteroatoms. The van der Waals surface area contributed by atoms with E-state index in [0.717, 1.165) is 30.6 Å². The predicted molar refractivity (Wildman–Crippen MR) is 162 cm³/mol. The van der Waals surface area contributed by atoms with Crippen LogP contribution in [0.1, 0.15) is 35.7 Å². The number of rotatable bonds is 8. The molecule has 1 saturated heterocycles. The predicted octanol–water partition coefficient (Wildman–Crippen LogP) is 4.87. The third-order valence-electron chi connectivity index (χ3n) is 8.54. The number of carbonyl (C=O) groups excluding carboxylic acids is 1. The number of ketones is 1. The number of aromatic nitrogens is 2. The second-order valence-corrected chi connectivity index (χ2v) is 12.1. The first kappa shape index (κ1) is 29.2. The Hall–Kier alpha value is -3.84. The van der Waals surface area contributed by atoms with Gasteiger partial charge in [0.2, 0.25) is 5.88 Å². The van der Waals surface area contributed by atoms with Crippen LogP contribution in [-0.4, -0.2) is 77.6 Å². The summed E-state index contributed by atoms with van der Waals surface area (Å²) >= 11 is 3.31. The molecule has 2 aromatic heterocycles. The summed E-state index contributed by atoms with van der Waals surface area (Å²) in [6.45, 7) is 5.44. The molecule has 3 atom stereocenters. The highest BCUT2D eigenvalue weighted by Crippen LogP contribution is 2.47. The molecule has 226 valence electrons. The Labute approximate surface area is 256 Å². The van der Waals surface area contributed by atoms with E-state index >= 15 is 0 Å². The zero-order chi connectivity index (χ0) is 30.2. The van der Waals surface area contributed by atoms with Crippen LogP contribution >= 0.6 is 15.9 Å². The summed E-state index contributed by atoms with van der Waals surface area (Å²) in [6.07, 6.45) is 5.07. The number of pyridine rings is 2. The average molecular weight is 656 g/mol. The first-order chi connectivity index (χ1) is 20.7. The maximum absolute atomic E-state index is 14.9. The van der Waals surface area contributed by atoms with Crippen molar-refractivity contribution in [3.63, 3.8) is 0 Å². The van der Waals surface area contributed by atoms with Gasteiger partial charge in [0.25, 0.3) is 0 Å². The topological polar surface area (TPSA) is 114 Å². The highest BCUT2D eigenvalue weighted by atomic mass is 79.9. The maximum Gasteiger partial charge on any atom is 0.363 e. The number of nitrogens with zero attached hydrogens (tertiary/aromatic N) is 6. The number of hydrogen-bond acceptors (Lipinski definition) is 10. The van der Waals surface area contributed by atoms with Crippen molar-refractivity contribution in [2.75, 3.05) is 49.7 Å². The lowest BCUT2D eigenvalue weighted by Gasteiger charge is -2.46. The molecule has 0 saturated carbocycles. The lowest BCUT2D eigenvalue weighted by molar-refractivity contribution is -0.389. The molecule has 3 aromatic rings. The molecule has 2 unspecified atom stereocenters. The zero-order valence-corrected chi connectivity index (χ0v) is 25.5. The van der Waals surface area contributed by atoms with E-state index in [2.05, 4.69) is 47.5 Å². The normalized spacial score (nSPS) is 21.4. The van der Waals surface area contributed by atoms with Crippen LogP contribution < -0.4 is 19.3 Å². The summed E-state index contributed by atoms with van der Waals surface area (Å²) in [5.41, 5.74) is 2.83. The third-order valence-corrected chi connectivity index (χ3v) is 9.28. The van der Waals surface area contributed by atoms with Crippen molar-refractivity contribution in [1.82, 2.24) is 14.9 Å². The van der Waals surface area contributed by atoms with Crippen molar-refractivity contribution in [1.29, 1.82) is 0 Å². The molecule has 0 bridgehead atoms. The SMILES string of the molecule is COc1cc(CN(CC2CN3c4c(cc(F)c(Br)c4OCC3C)C2=O)[C@H]2CCCN(c3ccc([N+](=O)[O-])nc3)C2)ccn1. The first-order valence-electron chi connectivity index (χ1n) is 14.3. The minimum absolute atomic E-state index is 0.0249. The van der Waals surface area contributed by atoms with E-state index in [1.165, 1.54) is 12.1 Å². The molecular formula is C30H32BrFN6O5. The van der Waals surface area contributed by atoms with Crippen LogP contribution in [0.4, 0.5) is 21.6 Å². The molecule has 6 rings (SSSR count). The number of ether oxygens (including phenoxy) is 2. The molecule has 3 aliphatic heterocycles. The van der Waals surface area contributed by atoms with Gasteiger partial charge in [0.1, 0.15) is 12.4 Å². The van der Waals surface area contributed by atoms with Gasteiger partial charge in [-0.05, 0) is 69.4 Å². The van der Waals surface area contributed by atoms with Gasteiger partial charge in [-0.2, -0.15) is 0 Å². The molecule has 0 spiro atoms. The molecule has 1 fully saturated rings. The molecule has 0 radical (unpaired) electrons. The van der Waals surface area contributed by atoms with Crippen molar-refractivity contribution >= 4 is 38.9 Å². The minimum Gasteiger partial charge on any atom is -0.488 e. The molecule has 3 aliphatic rings. The number of nitro groups is 1. The molecular weight excluding hydrogens is 623 g/mol. The Morgan fingerprint density at radius 3 is 2.84 bits per heavy atom.